The van der Waals surface area contributed by atoms with Gasteiger partial charge in [0.1, 0.15) is 0 Å². The van der Waals surface area contributed by atoms with Crippen molar-refractivity contribution in [2.24, 2.45) is 0 Å². The molecule has 0 aliphatic heterocycles. The van der Waals surface area contributed by atoms with Crippen molar-refractivity contribution in [1.29, 1.82) is 0 Å². The maximum atomic E-state index is 11.0. The molecular formula is C8H10N2O2S. The summed E-state index contributed by atoms with van der Waals surface area (Å²) in [4.78, 5) is 7.62. The van der Waals surface area contributed by atoms with Crippen LogP contribution in [0.3, 0.4) is 0 Å². The number of hydrogen-bond acceptors (Lipinski definition) is 4. The second-order valence-corrected chi connectivity index (χ2v) is 5.25. The molecule has 0 aromatic carbocycles. The molecule has 0 unspecified atom stereocenters. The van der Waals surface area contributed by atoms with Crippen molar-refractivity contribution in [2.75, 3.05) is 6.26 Å². The summed E-state index contributed by atoms with van der Waals surface area (Å²) in [5.41, 5.74) is 1.05. The molecular weight excluding hydrogens is 188 g/mol. The van der Waals surface area contributed by atoms with Crippen LogP contribution in [-0.2, 0) is 9.84 Å². The first kappa shape index (κ1) is 8.62. The maximum absolute atomic E-state index is 11.0. The van der Waals surface area contributed by atoms with E-state index in [0.717, 1.165) is 11.8 Å². The third-order valence-corrected chi connectivity index (χ3v) is 2.90. The fourth-order valence-electron chi connectivity index (χ4n) is 1.15. The first-order chi connectivity index (χ1) is 6.07. The molecule has 1 aromatic rings. The molecule has 2 rings (SSSR count). The second-order valence-electron chi connectivity index (χ2n) is 3.35. The van der Waals surface area contributed by atoms with Crippen LogP contribution in [-0.4, -0.2) is 24.6 Å². The molecule has 0 amide bonds. The highest BCUT2D eigenvalue weighted by Gasteiger charge is 2.24. The van der Waals surface area contributed by atoms with Crippen LogP contribution in [0.5, 0.6) is 0 Å². The lowest BCUT2D eigenvalue weighted by molar-refractivity contribution is 0.592. The molecule has 1 aromatic heterocycles. The molecule has 0 N–H and O–H groups in total. The fraction of sp³-hybridized carbons (Fsp3) is 0.500. The molecule has 1 fully saturated rings. The highest BCUT2D eigenvalue weighted by Crippen LogP contribution is 2.39. The van der Waals surface area contributed by atoms with E-state index in [1.807, 2.05) is 0 Å². The van der Waals surface area contributed by atoms with Gasteiger partial charge >= 0.3 is 0 Å². The van der Waals surface area contributed by atoms with Crippen molar-refractivity contribution in [1.82, 2.24) is 9.97 Å². The van der Waals surface area contributed by atoms with Gasteiger partial charge in [-0.05, 0) is 24.3 Å². The predicted octanol–water partition coefficient (Wildman–Crippen LogP) is 0.757. The van der Waals surface area contributed by atoms with Gasteiger partial charge in [0.2, 0.25) is 15.0 Å². The molecule has 0 radical (unpaired) electrons. The Kier molecular flexibility index (Phi) is 1.83. The third kappa shape index (κ3) is 1.85. The third-order valence-electron chi connectivity index (χ3n) is 2.03. The summed E-state index contributed by atoms with van der Waals surface area (Å²) in [6, 6.07) is 0. The largest absolute Gasteiger partial charge is 0.246 e. The van der Waals surface area contributed by atoms with Crippen LogP contribution >= 0.6 is 0 Å². The standard InChI is InChI=1S/C8H10N2O2S/c1-13(11,12)8-9-4-7(5-10-8)6-2-3-6/h4-6H,2-3H2,1H3. The van der Waals surface area contributed by atoms with E-state index < -0.39 is 9.84 Å². The molecule has 1 aliphatic carbocycles. The van der Waals surface area contributed by atoms with E-state index in [-0.39, 0.29) is 5.16 Å². The summed E-state index contributed by atoms with van der Waals surface area (Å²) >= 11 is 0. The Labute approximate surface area is 77.0 Å². The molecule has 13 heavy (non-hydrogen) atoms. The van der Waals surface area contributed by atoms with Gasteiger partial charge < -0.3 is 0 Å². The second kappa shape index (κ2) is 2.77. The van der Waals surface area contributed by atoms with E-state index in [1.165, 1.54) is 12.8 Å². The minimum absolute atomic E-state index is 0.0862. The monoisotopic (exact) mass is 198 g/mol. The molecule has 4 nitrogen and oxygen atoms in total. The Balaban J connectivity index is 2.33. The lowest BCUT2D eigenvalue weighted by Gasteiger charge is -1.98. The molecule has 5 heteroatoms. The normalized spacial score (nSPS) is 17.3. The number of nitrogens with zero attached hydrogens (tertiary/aromatic N) is 2. The van der Waals surface area contributed by atoms with Crippen molar-refractivity contribution < 1.29 is 8.42 Å². The lowest BCUT2D eigenvalue weighted by atomic mass is 10.2. The van der Waals surface area contributed by atoms with Gasteiger partial charge in [0.25, 0.3) is 0 Å². The van der Waals surface area contributed by atoms with Gasteiger partial charge in [-0.25, -0.2) is 18.4 Å². The Morgan fingerprint density at radius 2 is 1.85 bits per heavy atom. The van der Waals surface area contributed by atoms with Crippen molar-refractivity contribution in [3.63, 3.8) is 0 Å². The summed E-state index contributed by atoms with van der Waals surface area (Å²) in [6.45, 7) is 0. The van der Waals surface area contributed by atoms with Crippen LogP contribution in [0.15, 0.2) is 17.6 Å². The molecule has 0 bridgehead atoms. The summed E-state index contributed by atoms with van der Waals surface area (Å²) in [5, 5.41) is -0.0862. The highest BCUT2D eigenvalue weighted by atomic mass is 32.2. The number of hydrogen-bond donors (Lipinski definition) is 0. The SMILES string of the molecule is CS(=O)(=O)c1ncc(C2CC2)cn1. The van der Waals surface area contributed by atoms with Gasteiger partial charge in [0, 0.05) is 18.6 Å². The zero-order valence-corrected chi connectivity index (χ0v) is 8.08. The average molecular weight is 198 g/mol. The van der Waals surface area contributed by atoms with E-state index in [4.69, 9.17) is 0 Å². The molecule has 1 heterocycles. The van der Waals surface area contributed by atoms with Gasteiger partial charge in [-0.2, -0.15) is 0 Å². The van der Waals surface area contributed by atoms with Crippen LogP contribution in [0.1, 0.15) is 24.3 Å². The van der Waals surface area contributed by atoms with Crippen LogP contribution in [0.4, 0.5) is 0 Å². The van der Waals surface area contributed by atoms with Crippen molar-refractivity contribution in [2.45, 2.75) is 23.9 Å². The van der Waals surface area contributed by atoms with Gasteiger partial charge in [0.05, 0.1) is 0 Å². The van der Waals surface area contributed by atoms with Gasteiger partial charge in [-0.15, -0.1) is 0 Å². The van der Waals surface area contributed by atoms with Crippen LogP contribution in [0.2, 0.25) is 0 Å². The van der Waals surface area contributed by atoms with E-state index in [0.29, 0.717) is 5.92 Å². The molecule has 0 atom stereocenters. The summed E-state index contributed by atoms with van der Waals surface area (Å²) in [5.74, 6) is 0.564. The molecule has 70 valence electrons. The van der Waals surface area contributed by atoms with E-state index >= 15 is 0 Å². The van der Waals surface area contributed by atoms with Gasteiger partial charge in [-0.1, -0.05) is 0 Å². The van der Waals surface area contributed by atoms with E-state index in [9.17, 15) is 8.42 Å². The Hall–Kier alpha value is -0.970. The van der Waals surface area contributed by atoms with Crippen molar-refractivity contribution >= 4 is 9.84 Å². The van der Waals surface area contributed by atoms with Gasteiger partial charge in [-0.3, -0.25) is 0 Å². The van der Waals surface area contributed by atoms with E-state index in [2.05, 4.69) is 9.97 Å². The van der Waals surface area contributed by atoms with Crippen molar-refractivity contribution in [3.8, 4) is 0 Å². The number of rotatable bonds is 2. The number of aromatic nitrogens is 2. The Morgan fingerprint density at radius 1 is 1.31 bits per heavy atom. The molecule has 1 aliphatic rings. The topological polar surface area (TPSA) is 59.9 Å². The Morgan fingerprint density at radius 3 is 2.23 bits per heavy atom. The summed E-state index contributed by atoms with van der Waals surface area (Å²) < 4.78 is 22.0. The minimum Gasteiger partial charge on any atom is -0.227 e. The molecule has 1 saturated carbocycles. The first-order valence-electron chi connectivity index (χ1n) is 4.09. The van der Waals surface area contributed by atoms with E-state index in [1.54, 1.807) is 12.4 Å². The number of sulfone groups is 1. The zero-order chi connectivity index (χ0) is 9.47. The smallest absolute Gasteiger partial charge is 0.227 e. The van der Waals surface area contributed by atoms with Crippen molar-refractivity contribution in [3.05, 3.63) is 18.0 Å². The molecule has 0 spiro atoms. The fourth-order valence-corrected chi connectivity index (χ4v) is 1.63. The Bertz CT molecular complexity index is 406. The summed E-state index contributed by atoms with van der Waals surface area (Å²) in [6.07, 6.45) is 6.67. The van der Waals surface area contributed by atoms with Gasteiger partial charge in [0.15, 0.2) is 0 Å². The average Bonchev–Trinajstić information content (AvgIpc) is 2.85. The minimum atomic E-state index is -3.25. The highest BCUT2D eigenvalue weighted by molar-refractivity contribution is 7.90. The lowest BCUT2D eigenvalue weighted by Crippen LogP contribution is -2.03. The maximum Gasteiger partial charge on any atom is 0.246 e. The van der Waals surface area contributed by atoms with Crippen LogP contribution < -0.4 is 0 Å². The van der Waals surface area contributed by atoms with Crippen LogP contribution in [0.25, 0.3) is 0 Å². The zero-order valence-electron chi connectivity index (χ0n) is 7.27. The predicted molar refractivity (Wildman–Crippen MR) is 47.1 cm³/mol. The first-order valence-corrected chi connectivity index (χ1v) is 5.98. The van der Waals surface area contributed by atoms with Crippen LogP contribution in [0, 0.1) is 0 Å². The quantitative estimate of drug-likeness (QED) is 0.658. The molecule has 0 saturated heterocycles. The summed E-state index contributed by atoms with van der Waals surface area (Å²) in [7, 11) is -3.25.